The first-order valence-corrected chi connectivity index (χ1v) is 12.0. The van der Waals surface area contributed by atoms with E-state index in [9.17, 15) is 14.0 Å². The Morgan fingerprint density at radius 3 is 2.68 bits per heavy atom. The van der Waals surface area contributed by atoms with Gasteiger partial charge in [-0.15, -0.1) is 0 Å². The van der Waals surface area contributed by atoms with Crippen LogP contribution in [0.5, 0.6) is 0 Å². The number of nitrogens with one attached hydrogen (secondary N) is 1. The van der Waals surface area contributed by atoms with E-state index in [0.717, 1.165) is 17.3 Å². The summed E-state index contributed by atoms with van der Waals surface area (Å²) in [7, 11) is 1.64. The summed E-state index contributed by atoms with van der Waals surface area (Å²) in [4.78, 5) is 35.6. The molecule has 1 saturated heterocycles. The molecule has 0 aliphatic carbocycles. The third-order valence-electron chi connectivity index (χ3n) is 6.35. The fourth-order valence-electron chi connectivity index (χ4n) is 4.29. The highest BCUT2D eigenvalue weighted by molar-refractivity contribution is 5.94. The number of carbonyl (C=O) groups is 1. The van der Waals surface area contributed by atoms with E-state index in [2.05, 4.69) is 15.3 Å². The van der Waals surface area contributed by atoms with Crippen molar-refractivity contribution in [3.8, 4) is 11.3 Å². The van der Waals surface area contributed by atoms with Gasteiger partial charge in [0.25, 0.3) is 11.5 Å². The number of benzene rings is 2. The molecule has 0 unspecified atom stereocenters. The molecular weight excluding hydrogens is 473 g/mol. The van der Waals surface area contributed by atoms with E-state index < -0.39 is 5.82 Å². The van der Waals surface area contributed by atoms with Crippen molar-refractivity contribution in [1.29, 1.82) is 0 Å². The molecular formula is C28H26FN5O3. The van der Waals surface area contributed by atoms with Crippen LogP contribution in [0.1, 0.15) is 27.6 Å². The summed E-state index contributed by atoms with van der Waals surface area (Å²) < 4.78 is 21.8. The molecule has 1 aliphatic rings. The van der Waals surface area contributed by atoms with Crippen molar-refractivity contribution in [3.05, 3.63) is 112 Å². The Morgan fingerprint density at radius 2 is 1.92 bits per heavy atom. The fraction of sp³-hybridized carbons (Fsp3) is 0.214. The molecule has 0 radical (unpaired) electrons. The Hall–Kier alpha value is -4.37. The molecule has 1 amide bonds. The van der Waals surface area contributed by atoms with Crippen LogP contribution in [-0.2, 0) is 18.3 Å². The predicted octanol–water partition coefficient (Wildman–Crippen LogP) is 3.49. The van der Waals surface area contributed by atoms with Crippen molar-refractivity contribution in [2.45, 2.75) is 12.6 Å². The monoisotopic (exact) mass is 499 g/mol. The zero-order chi connectivity index (χ0) is 25.8. The second-order valence-electron chi connectivity index (χ2n) is 8.79. The largest absolute Gasteiger partial charge is 0.370 e. The van der Waals surface area contributed by atoms with Gasteiger partial charge in [-0.1, -0.05) is 42.5 Å². The van der Waals surface area contributed by atoms with Gasteiger partial charge in [0.1, 0.15) is 6.10 Å². The maximum absolute atomic E-state index is 14.3. The molecule has 4 aromatic rings. The molecule has 37 heavy (non-hydrogen) atoms. The first-order chi connectivity index (χ1) is 18.0. The quantitative estimate of drug-likeness (QED) is 0.437. The van der Waals surface area contributed by atoms with Gasteiger partial charge < -0.3 is 15.0 Å². The van der Waals surface area contributed by atoms with Crippen LogP contribution < -0.4 is 15.8 Å². The van der Waals surface area contributed by atoms with Crippen molar-refractivity contribution in [1.82, 2.24) is 19.9 Å². The highest BCUT2D eigenvalue weighted by Gasteiger charge is 2.25. The molecule has 5 rings (SSSR count). The minimum Gasteiger partial charge on any atom is -0.370 e. The molecule has 1 atom stereocenters. The van der Waals surface area contributed by atoms with Crippen LogP contribution in [0.3, 0.4) is 0 Å². The molecule has 0 bridgehead atoms. The molecule has 1 fully saturated rings. The molecule has 2 aromatic carbocycles. The second kappa shape index (κ2) is 10.7. The number of amides is 1. The number of hydrogen-bond acceptors (Lipinski definition) is 6. The second-order valence-corrected chi connectivity index (χ2v) is 8.79. The molecule has 8 nitrogen and oxygen atoms in total. The molecule has 188 valence electrons. The normalized spacial score (nSPS) is 15.4. The third kappa shape index (κ3) is 5.41. The highest BCUT2D eigenvalue weighted by Crippen LogP contribution is 2.27. The molecule has 3 heterocycles. The summed E-state index contributed by atoms with van der Waals surface area (Å²) in [6.07, 6.45) is 2.28. The maximum atomic E-state index is 14.3. The molecule has 1 N–H and O–H groups in total. The number of hydrogen-bond donors (Lipinski definition) is 1. The standard InChI is InChI=1S/C28H26FN5O3/c1-33-26(35)15-24(22-11-12-30-17-23(22)29)32-28(33)34-13-14-37-25(18-34)20-7-9-21(10-8-20)27(36)31-16-19-5-3-2-4-6-19/h2-12,15,17,25H,13-14,16,18H2,1H3,(H,31,36)/t25-/m1/s1. The number of ether oxygens (including phenoxy) is 1. The number of nitrogens with zero attached hydrogens (tertiary/aromatic N) is 4. The van der Waals surface area contributed by atoms with Crippen molar-refractivity contribution in [2.24, 2.45) is 7.05 Å². The smallest absolute Gasteiger partial charge is 0.255 e. The number of rotatable bonds is 6. The lowest BCUT2D eigenvalue weighted by molar-refractivity contribution is 0.0389. The Kier molecular flexibility index (Phi) is 7.04. The van der Waals surface area contributed by atoms with Gasteiger partial charge in [0.05, 0.1) is 25.0 Å². The fourth-order valence-corrected chi connectivity index (χ4v) is 4.29. The van der Waals surface area contributed by atoms with Gasteiger partial charge in [0.15, 0.2) is 5.82 Å². The van der Waals surface area contributed by atoms with E-state index in [1.165, 1.54) is 22.9 Å². The SMILES string of the molecule is Cn1c(N2CCO[C@@H](c3ccc(C(=O)NCc4ccccc4)cc3)C2)nc(-c2ccncc2F)cc1=O. The number of halogens is 1. The lowest BCUT2D eigenvalue weighted by Gasteiger charge is -2.34. The Bertz CT molecular complexity index is 1460. The van der Waals surface area contributed by atoms with Crippen LogP contribution in [-0.4, -0.2) is 40.1 Å². The van der Waals surface area contributed by atoms with Crippen molar-refractivity contribution >= 4 is 11.9 Å². The number of aromatic nitrogens is 3. The van der Waals surface area contributed by atoms with Crippen LogP contribution in [0.15, 0.2) is 83.9 Å². The summed E-state index contributed by atoms with van der Waals surface area (Å²) in [5, 5.41) is 2.93. The first kappa shape index (κ1) is 24.3. The van der Waals surface area contributed by atoms with Gasteiger partial charge >= 0.3 is 0 Å². The van der Waals surface area contributed by atoms with Crippen LogP contribution in [0.25, 0.3) is 11.3 Å². The Morgan fingerprint density at radius 1 is 1.14 bits per heavy atom. The molecule has 0 saturated carbocycles. The van der Waals surface area contributed by atoms with E-state index in [4.69, 9.17) is 4.74 Å². The number of pyridine rings is 1. The summed E-state index contributed by atoms with van der Waals surface area (Å²) in [5.74, 6) is -0.258. The zero-order valence-corrected chi connectivity index (χ0v) is 20.3. The van der Waals surface area contributed by atoms with Gasteiger partial charge in [-0.3, -0.25) is 19.1 Å². The van der Waals surface area contributed by atoms with Crippen LogP contribution in [0.2, 0.25) is 0 Å². The van der Waals surface area contributed by atoms with E-state index in [1.807, 2.05) is 47.4 Å². The maximum Gasteiger partial charge on any atom is 0.255 e. The first-order valence-electron chi connectivity index (χ1n) is 12.0. The van der Waals surface area contributed by atoms with E-state index in [0.29, 0.717) is 37.8 Å². The lowest BCUT2D eigenvalue weighted by Crippen LogP contribution is -2.41. The molecule has 0 spiro atoms. The Balaban J connectivity index is 1.31. The average Bonchev–Trinajstić information content (AvgIpc) is 2.94. The summed E-state index contributed by atoms with van der Waals surface area (Å²) >= 11 is 0. The van der Waals surface area contributed by atoms with Gasteiger partial charge in [-0.05, 0) is 29.3 Å². The molecule has 2 aromatic heterocycles. The topological polar surface area (TPSA) is 89.3 Å². The summed E-state index contributed by atoms with van der Waals surface area (Å²) in [6.45, 7) is 1.85. The number of carbonyl (C=O) groups excluding carboxylic acids is 1. The van der Waals surface area contributed by atoms with Gasteiger partial charge in [0, 0.05) is 43.5 Å². The van der Waals surface area contributed by atoms with Gasteiger partial charge in [-0.25, -0.2) is 9.37 Å². The molecule has 1 aliphatic heterocycles. The summed E-state index contributed by atoms with van der Waals surface area (Å²) in [6, 6.07) is 19.9. The van der Waals surface area contributed by atoms with Crippen LogP contribution in [0, 0.1) is 5.82 Å². The van der Waals surface area contributed by atoms with Crippen molar-refractivity contribution in [2.75, 3.05) is 24.6 Å². The van der Waals surface area contributed by atoms with E-state index in [1.54, 1.807) is 19.2 Å². The minimum absolute atomic E-state index is 0.152. The van der Waals surface area contributed by atoms with E-state index in [-0.39, 0.29) is 28.8 Å². The third-order valence-corrected chi connectivity index (χ3v) is 6.35. The predicted molar refractivity (Wildman–Crippen MR) is 138 cm³/mol. The Labute approximate surface area is 213 Å². The van der Waals surface area contributed by atoms with E-state index >= 15 is 0 Å². The minimum atomic E-state index is -0.540. The lowest BCUT2D eigenvalue weighted by atomic mass is 10.0. The number of anilines is 1. The zero-order valence-electron chi connectivity index (χ0n) is 20.3. The van der Waals surface area contributed by atoms with Gasteiger partial charge in [0.2, 0.25) is 5.95 Å². The number of morpholine rings is 1. The van der Waals surface area contributed by atoms with Gasteiger partial charge in [-0.2, -0.15) is 0 Å². The molecule has 9 heteroatoms. The van der Waals surface area contributed by atoms with Crippen molar-refractivity contribution in [3.63, 3.8) is 0 Å². The van der Waals surface area contributed by atoms with Crippen molar-refractivity contribution < 1.29 is 13.9 Å². The average molecular weight is 500 g/mol. The van der Waals surface area contributed by atoms with Crippen LogP contribution in [0.4, 0.5) is 10.3 Å². The summed E-state index contributed by atoms with van der Waals surface area (Å²) in [5.41, 5.74) is 2.69. The highest BCUT2D eigenvalue weighted by atomic mass is 19.1. The van der Waals surface area contributed by atoms with Crippen LogP contribution >= 0.6 is 0 Å².